The summed E-state index contributed by atoms with van der Waals surface area (Å²) in [5.41, 5.74) is -0.722. The summed E-state index contributed by atoms with van der Waals surface area (Å²) in [6.45, 7) is 6.98. The fourth-order valence-electron chi connectivity index (χ4n) is 0.0891. The van der Waals surface area contributed by atoms with Gasteiger partial charge in [0.15, 0.2) is 0 Å². The van der Waals surface area contributed by atoms with E-state index in [1.54, 1.807) is 0 Å². The summed E-state index contributed by atoms with van der Waals surface area (Å²) in [5, 5.41) is 6.32. The van der Waals surface area contributed by atoms with Crippen LogP contribution in [0.4, 0.5) is 8.78 Å². The van der Waals surface area contributed by atoms with E-state index in [0.717, 1.165) is 6.08 Å². The van der Waals surface area contributed by atoms with Crippen molar-refractivity contribution in [1.82, 2.24) is 0 Å². The zero-order chi connectivity index (χ0) is 7.86. The Morgan fingerprint density at radius 1 is 1.56 bits per heavy atom. The molecule has 0 bridgehead atoms. The first-order chi connectivity index (χ1) is 4.18. The summed E-state index contributed by atoms with van der Waals surface area (Å²) in [6, 6.07) is 0. The van der Waals surface area contributed by atoms with Crippen LogP contribution in [0, 0.1) is 5.41 Å². The second-order valence-electron chi connectivity index (χ2n) is 0.960. The normalized spacial score (nSPS) is 7.67. The number of hydrogen-bond donors (Lipinski definition) is 1. The summed E-state index contributed by atoms with van der Waals surface area (Å²) < 4.78 is 22.3. The third-order valence-corrected chi connectivity index (χ3v) is 0.455. The number of nitrogens with one attached hydrogen (secondary N) is 1. The predicted molar refractivity (Wildman–Crippen MR) is 35.3 cm³/mol. The minimum Gasteiger partial charge on any atom is -0.299 e. The van der Waals surface area contributed by atoms with Gasteiger partial charge in [0.25, 0.3) is 6.43 Å². The van der Waals surface area contributed by atoms with Crippen LogP contribution < -0.4 is 0 Å². The summed E-state index contributed by atoms with van der Waals surface area (Å²) in [5.74, 6) is 0. The molecule has 0 aliphatic carbocycles. The first-order valence-corrected chi connectivity index (χ1v) is 2.67. The average molecular weight is 135 g/mol. The minimum atomic E-state index is -2.67. The molecule has 0 atom stereocenters. The monoisotopic (exact) mass is 135 g/mol. The van der Waals surface area contributed by atoms with Crippen LogP contribution in [-0.4, -0.2) is 12.1 Å². The zero-order valence-corrected chi connectivity index (χ0v) is 5.62. The molecule has 0 unspecified atom stereocenters. The quantitative estimate of drug-likeness (QED) is 0.562. The second-order valence-corrected chi connectivity index (χ2v) is 0.960. The van der Waals surface area contributed by atoms with Crippen LogP contribution in [-0.2, 0) is 0 Å². The third-order valence-electron chi connectivity index (χ3n) is 0.455. The summed E-state index contributed by atoms with van der Waals surface area (Å²) >= 11 is 0. The van der Waals surface area contributed by atoms with Gasteiger partial charge in [-0.2, -0.15) is 0 Å². The van der Waals surface area contributed by atoms with Crippen LogP contribution in [0.5, 0.6) is 0 Å². The van der Waals surface area contributed by atoms with Gasteiger partial charge in [0, 0.05) is 0 Å². The van der Waals surface area contributed by atoms with Gasteiger partial charge < -0.3 is 0 Å². The third kappa shape index (κ3) is 7.27. The number of allylic oxidation sites excluding steroid dienone is 1. The molecular formula is C6H11F2N. The van der Waals surface area contributed by atoms with Gasteiger partial charge in [-0.25, -0.2) is 8.78 Å². The van der Waals surface area contributed by atoms with Crippen molar-refractivity contribution in [1.29, 1.82) is 5.41 Å². The van der Waals surface area contributed by atoms with E-state index in [0.29, 0.717) is 0 Å². The van der Waals surface area contributed by atoms with Gasteiger partial charge in [-0.1, -0.05) is 20.4 Å². The van der Waals surface area contributed by atoms with E-state index in [2.05, 4.69) is 6.58 Å². The minimum absolute atomic E-state index is 0.722. The molecule has 1 nitrogen and oxygen atoms in total. The van der Waals surface area contributed by atoms with Crippen LogP contribution in [0.25, 0.3) is 0 Å². The number of halogens is 2. The first kappa shape index (κ1) is 11.1. The van der Waals surface area contributed by atoms with Crippen LogP contribution in [0.2, 0.25) is 0 Å². The largest absolute Gasteiger partial charge is 0.299 e. The number of rotatable bonds is 2. The standard InChI is InChI=1S/C4H5F2N.C2H6/c1-2-3(7)4(5)6;1-2/h2,4,7H,1H2;1-2H3. The lowest BCUT2D eigenvalue weighted by atomic mass is 10.4. The number of hydrogen-bond acceptors (Lipinski definition) is 1. The van der Waals surface area contributed by atoms with Crippen molar-refractivity contribution in [3.8, 4) is 0 Å². The van der Waals surface area contributed by atoms with Crippen LogP contribution >= 0.6 is 0 Å². The molecule has 0 aromatic rings. The summed E-state index contributed by atoms with van der Waals surface area (Å²) in [7, 11) is 0. The van der Waals surface area contributed by atoms with Crippen molar-refractivity contribution in [3.63, 3.8) is 0 Å². The highest BCUT2D eigenvalue weighted by molar-refractivity contribution is 5.94. The number of alkyl halides is 2. The Morgan fingerprint density at radius 2 is 1.89 bits per heavy atom. The SMILES string of the molecule is C=CC(=N)C(F)F.CC. The summed E-state index contributed by atoms with van der Waals surface area (Å²) in [4.78, 5) is 0. The molecule has 54 valence electrons. The molecule has 9 heavy (non-hydrogen) atoms. The molecule has 0 aliphatic heterocycles. The first-order valence-electron chi connectivity index (χ1n) is 2.67. The molecule has 0 amide bonds. The molecule has 0 aromatic carbocycles. The zero-order valence-electron chi connectivity index (χ0n) is 5.62. The van der Waals surface area contributed by atoms with E-state index in [9.17, 15) is 8.78 Å². The van der Waals surface area contributed by atoms with E-state index in [4.69, 9.17) is 5.41 Å². The van der Waals surface area contributed by atoms with E-state index in [1.165, 1.54) is 0 Å². The molecule has 0 saturated heterocycles. The highest BCUT2D eigenvalue weighted by atomic mass is 19.3. The Bertz CT molecular complexity index is 89.1. The van der Waals surface area contributed by atoms with Gasteiger partial charge in [0.2, 0.25) is 0 Å². The van der Waals surface area contributed by atoms with Gasteiger partial charge >= 0.3 is 0 Å². The molecule has 0 aromatic heterocycles. The van der Waals surface area contributed by atoms with E-state index in [1.807, 2.05) is 13.8 Å². The average Bonchev–Trinajstić information content (AvgIpc) is 1.91. The second kappa shape index (κ2) is 7.27. The lowest BCUT2D eigenvalue weighted by Crippen LogP contribution is -2.02. The lowest BCUT2D eigenvalue weighted by Gasteiger charge is -1.88. The van der Waals surface area contributed by atoms with Crippen molar-refractivity contribution in [3.05, 3.63) is 12.7 Å². The van der Waals surface area contributed by atoms with Crippen molar-refractivity contribution >= 4 is 5.71 Å². The van der Waals surface area contributed by atoms with Gasteiger partial charge in [-0.3, -0.25) is 5.41 Å². The van der Waals surface area contributed by atoms with Crippen molar-refractivity contribution in [2.24, 2.45) is 0 Å². The maximum absolute atomic E-state index is 11.1. The maximum Gasteiger partial charge on any atom is 0.279 e. The molecular weight excluding hydrogens is 124 g/mol. The molecule has 1 N–H and O–H groups in total. The van der Waals surface area contributed by atoms with Crippen LogP contribution in [0.1, 0.15) is 13.8 Å². The molecule has 0 heterocycles. The fourth-order valence-corrected chi connectivity index (χ4v) is 0.0891. The van der Waals surface area contributed by atoms with Crippen molar-refractivity contribution in [2.45, 2.75) is 20.3 Å². The molecule has 3 heteroatoms. The Balaban J connectivity index is 0. The maximum atomic E-state index is 11.1. The van der Waals surface area contributed by atoms with Gasteiger partial charge in [-0.15, -0.1) is 0 Å². The smallest absolute Gasteiger partial charge is 0.279 e. The van der Waals surface area contributed by atoms with Gasteiger partial charge in [-0.05, 0) is 6.08 Å². The molecule has 0 saturated carbocycles. The van der Waals surface area contributed by atoms with Crippen LogP contribution in [0.15, 0.2) is 12.7 Å². The van der Waals surface area contributed by atoms with Gasteiger partial charge in [0.05, 0.1) is 5.71 Å². The fraction of sp³-hybridized carbons (Fsp3) is 0.500. The molecule has 0 aliphatic rings. The Hall–Kier alpha value is -0.730. The molecule has 0 spiro atoms. The molecule has 0 rings (SSSR count). The Morgan fingerprint density at radius 3 is 1.89 bits per heavy atom. The van der Waals surface area contributed by atoms with Crippen molar-refractivity contribution < 1.29 is 8.78 Å². The van der Waals surface area contributed by atoms with E-state index in [-0.39, 0.29) is 0 Å². The highest BCUT2D eigenvalue weighted by Crippen LogP contribution is 1.93. The predicted octanol–water partition coefficient (Wildman–Crippen LogP) is 2.48. The van der Waals surface area contributed by atoms with E-state index < -0.39 is 12.1 Å². The summed E-state index contributed by atoms with van der Waals surface area (Å²) in [6.07, 6.45) is -1.84. The molecule has 0 radical (unpaired) electrons. The highest BCUT2D eigenvalue weighted by Gasteiger charge is 2.03. The van der Waals surface area contributed by atoms with E-state index >= 15 is 0 Å². The van der Waals surface area contributed by atoms with Gasteiger partial charge in [0.1, 0.15) is 0 Å². The van der Waals surface area contributed by atoms with Crippen molar-refractivity contribution in [2.75, 3.05) is 0 Å². The molecule has 0 fully saturated rings. The topological polar surface area (TPSA) is 23.9 Å². The Labute approximate surface area is 53.9 Å². The lowest BCUT2D eigenvalue weighted by molar-refractivity contribution is 0.226. The Kier molecular flexibility index (Phi) is 8.98. The van der Waals surface area contributed by atoms with Crippen LogP contribution in [0.3, 0.4) is 0 Å².